The van der Waals surface area contributed by atoms with Gasteiger partial charge in [0.1, 0.15) is 21.9 Å². The fourth-order valence-electron chi connectivity index (χ4n) is 3.11. The van der Waals surface area contributed by atoms with E-state index in [1.807, 2.05) is 0 Å². The number of halogens is 4. The molecule has 0 saturated heterocycles. The number of hydrogen-bond acceptors (Lipinski definition) is 6. The van der Waals surface area contributed by atoms with E-state index in [1.165, 1.54) is 32.9 Å². The van der Waals surface area contributed by atoms with Gasteiger partial charge in [0.2, 0.25) is 0 Å². The number of aromatic nitrogens is 2. The SMILES string of the molecule is CC1(c2cc(NC(=O)c3nn(C(F)F)cc3Cl)ccc2F)CS(=O)(=O)C(C)(C)C(N)=N1. The Kier molecular flexibility index (Phi) is 5.60. The quantitative estimate of drug-likeness (QED) is 0.701. The number of rotatable bonds is 4. The minimum Gasteiger partial charge on any atom is -0.386 e. The Labute approximate surface area is 181 Å². The molecule has 3 rings (SSSR count). The van der Waals surface area contributed by atoms with Crippen LogP contribution in [0.2, 0.25) is 5.02 Å². The van der Waals surface area contributed by atoms with Gasteiger partial charge in [-0.15, -0.1) is 0 Å². The monoisotopic (exact) mass is 477 g/mol. The first-order chi connectivity index (χ1) is 14.2. The Morgan fingerprint density at radius 1 is 1.32 bits per heavy atom. The molecule has 3 N–H and O–H groups in total. The number of nitrogens with two attached hydrogens (primary N) is 1. The lowest BCUT2D eigenvalue weighted by Gasteiger charge is -2.38. The number of nitrogens with zero attached hydrogens (tertiary/aromatic N) is 3. The van der Waals surface area contributed by atoms with Gasteiger partial charge >= 0.3 is 6.55 Å². The minimum absolute atomic E-state index is 0.0568. The highest BCUT2D eigenvalue weighted by atomic mass is 35.5. The number of amides is 1. The highest BCUT2D eigenvalue weighted by Crippen LogP contribution is 2.38. The predicted octanol–water partition coefficient (Wildman–Crippen LogP) is 3.10. The molecule has 1 unspecified atom stereocenters. The smallest absolute Gasteiger partial charge is 0.333 e. The fraction of sp³-hybridized carbons (Fsp3) is 0.389. The number of amidine groups is 1. The Balaban J connectivity index is 1.98. The molecule has 2 aromatic rings. The summed E-state index contributed by atoms with van der Waals surface area (Å²) in [4.78, 5) is 16.7. The van der Waals surface area contributed by atoms with Crippen LogP contribution in [0, 0.1) is 5.82 Å². The van der Waals surface area contributed by atoms with Gasteiger partial charge in [0.05, 0.1) is 17.0 Å². The average Bonchev–Trinajstić information content (AvgIpc) is 3.03. The van der Waals surface area contributed by atoms with Crippen LogP contribution in [0.4, 0.5) is 18.9 Å². The zero-order valence-electron chi connectivity index (χ0n) is 16.7. The molecule has 1 aliphatic rings. The van der Waals surface area contributed by atoms with Crippen molar-refractivity contribution in [3.05, 3.63) is 46.5 Å². The van der Waals surface area contributed by atoms with Crippen LogP contribution in [0.15, 0.2) is 29.4 Å². The molecule has 168 valence electrons. The van der Waals surface area contributed by atoms with E-state index in [4.69, 9.17) is 17.3 Å². The predicted molar refractivity (Wildman–Crippen MR) is 110 cm³/mol. The summed E-state index contributed by atoms with van der Waals surface area (Å²) in [5, 5.41) is 5.51. The molecule has 1 aromatic carbocycles. The Morgan fingerprint density at radius 3 is 2.52 bits per heavy atom. The van der Waals surface area contributed by atoms with Crippen LogP contribution in [0.3, 0.4) is 0 Å². The number of hydrogen-bond donors (Lipinski definition) is 2. The van der Waals surface area contributed by atoms with Gasteiger partial charge in [0, 0.05) is 11.3 Å². The third kappa shape index (κ3) is 4.01. The Hall–Kier alpha value is -2.60. The maximum Gasteiger partial charge on any atom is 0.333 e. The first kappa shape index (κ1) is 23.1. The van der Waals surface area contributed by atoms with Crippen LogP contribution in [-0.2, 0) is 15.4 Å². The molecule has 1 aromatic heterocycles. The summed E-state index contributed by atoms with van der Waals surface area (Å²) in [7, 11) is -3.78. The van der Waals surface area contributed by atoms with Crippen molar-refractivity contribution in [3.8, 4) is 0 Å². The number of anilines is 1. The molecule has 31 heavy (non-hydrogen) atoms. The second-order valence-corrected chi connectivity index (χ2v) is 10.7. The van der Waals surface area contributed by atoms with E-state index in [-0.39, 0.29) is 26.8 Å². The standard InChI is InChI=1S/C18H19ClF3N5O3S/c1-17(2)15(23)25-18(3,8-31(17,29)30)10-6-9(4-5-12(10)20)24-14(28)13-11(19)7-27(26-13)16(21)22/h4-7,16H,8H2,1-3H3,(H2,23,25)(H,24,28). The van der Waals surface area contributed by atoms with E-state index in [2.05, 4.69) is 15.4 Å². The third-order valence-electron chi connectivity index (χ3n) is 5.14. The lowest BCUT2D eigenvalue weighted by atomic mass is 9.92. The minimum atomic E-state index is -3.78. The summed E-state index contributed by atoms with van der Waals surface area (Å²) in [5.74, 6) is -2.34. The first-order valence-corrected chi connectivity index (χ1v) is 10.9. The van der Waals surface area contributed by atoms with Crippen molar-refractivity contribution in [2.24, 2.45) is 10.7 Å². The molecule has 13 heteroatoms. The zero-order chi connectivity index (χ0) is 23.4. The Bertz CT molecular complexity index is 1200. The highest BCUT2D eigenvalue weighted by Gasteiger charge is 2.49. The van der Waals surface area contributed by atoms with Gasteiger partial charge in [-0.1, -0.05) is 11.6 Å². The van der Waals surface area contributed by atoms with Crippen molar-refractivity contribution in [1.29, 1.82) is 0 Å². The van der Waals surface area contributed by atoms with Gasteiger partial charge in [-0.3, -0.25) is 9.79 Å². The van der Waals surface area contributed by atoms with Crippen molar-refractivity contribution >= 4 is 38.9 Å². The number of aliphatic imine (C=N–C) groups is 1. The van der Waals surface area contributed by atoms with Crippen LogP contribution in [-0.4, -0.2) is 40.4 Å². The molecule has 8 nitrogen and oxygen atoms in total. The summed E-state index contributed by atoms with van der Waals surface area (Å²) in [6.45, 7) is 1.25. The van der Waals surface area contributed by atoms with Gasteiger partial charge in [0.25, 0.3) is 5.91 Å². The van der Waals surface area contributed by atoms with Crippen molar-refractivity contribution in [2.45, 2.75) is 37.6 Å². The van der Waals surface area contributed by atoms with Crippen molar-refractivity contribution < 1.29 is 26.4 Å². The number of carbonyl (C=O) groups is 1. The largest absolute Gasteiger partial charge is 0.386 e. The molecule has 0 fully saturated rings. The van der Waals surface area contributed by atoms with Crippen LogP contribution in [0.5, 0.6) is 0 Å². The summed E-state index contributed by atoms with van der Waals surface area (Å²) < 4.78 is 64.4. The zero-order valence-corrected chi connectivity index (χ0v) is 18.2. The van der Waals surface area contributed by atoms with E-state index in [1.54, 1.807) is 0 Å². The van der Waals surface area contributed by atoms with Crippen LogP contribution in [0.1, 0.15) is 43.4 Å². The lowest BCUT2D eigenvalue weighted by Crippen LogP contribution is -2.55. The molecule has 1 amide bonds. The Morgan fingerprint density at radius 2 is 1.97 bits per heavy atom. The van der Waals surface area contributed by atoms with Gasteiger partial charge in [-0.2, -0.15) is 13.9 Å². The first-order valence-electron chi connectivity index (χ1n) is 8.90. The molecule has 1 aliphatic heterocycles. The summed E-state index contributed by atoms with van der Waals surface area (Å²) >= 11 is 5.79. The molecule has 0 spiro atoms. The van der Waals surface area contributed by atoms with Crippen molar-refractivity contribution in [3.63, 3.8) is 0 Å². The number of benzene rings is 1. The third-order valence-corrected chi connectivity index (χ3v) is 8.12. The van der Waals surface area contributed by atoms with Gasteiger partial charge in [-0.05, 0) is 39.0 Å². The molecule has 0 saturated carbocycles. The van der Waals surface area contributed by atoms with E-state index in [9.17, 15) is 26.4 Å². The topological polar surface area (TPSA) is 119 Å². The van der Waals surface area contributed by atoms with Gasteiger partial charge in [-0.25, -0.2) is 17.5 Å². The van der Waals surface area contributed by atoms with E-state index in [0.717, 1.165) is 12.3 Å². The number of alkyl halides is 2. The molecular weight excluding hydrogens is 459 g/mol. The van der Waals surface area contributed by atoms with E-state index < -0.39 is 49.8 Å². The highest BCUT2D eigenvalue weighted by molar-refractivity contribution is 7.93. The molecule has 0 bridgehead atoms. The van der Waals surface area contributed by atoms with Gasteiger partial charge in [0.15, 0.2) is 15.5 Å². The van der Waals surface area contributed by atoms with E-state index in [0.29, 0.717) is 0 Å². The van der Waals surface area contributed by atoms with Gasteiger partial charge < -0.3 is 11.1 Å². The number of nitrogens with one attached hydrogen (secondary N) is 1. The van der Waals surface area contributed by atoms with Crippen molar-refractivity contribution in [2.75, 3.05) is 11.1 Å². The molecule has 0 aliphatic carbocycles. The second-order valence-electron chi connectivity index (χ2n) is 7.77. The normalized spacial score (nSPS) is 22.3. The maximum atomic E-state index is 14.6. The molecule has 1 atom stereocenters. The van der Waals surface area contributed by atoms with Crippen LogP contribution in [0.25, 0.3) is 0 Å². The molecule has 2 heterocycles. The summed E-state index contributed by atoms with van der Waals surface area (Å²) in [6.07, 6.45) is 0.796. The molecular formula is C18H19ClF3N5O3S. The van der Waals surface area contributed by atoms with Crippen LogP contribution < -0.4 is 11.1 Å². The average molecular weight is 478 g/mol. The van der Waals surface area contributed by atoms with Crippen LogP contribution >= 0.6 is 11.6 Å². The summed E-state index contributed by atoms with van der Waals surface area (Å²) in [6, 6.07) is 3.44. The maximum absolute atomic E-state index is 14.6. The molecule has 0 radical (unpaired) electrons. The van der Waals surface area contributed by atoms with E-state index >= 15 is 0 Å². The second kappa shape index (κ2) is 7.52. The summed E-state index contributed by atoms with van der Waals surface area (Å²) in [5.41, 5.74) is 3.83. The fourth-order valence-corrected chi connectivity index (χ4v) is 5.02. The number of carbonyl (C=O) groups excluding carboxylic acids is 1. The number of sulfone groups is 1. The van der Waals surface area contributed by atoms with Crippen molar-refractivity contribution in [1.82, 2.24) is 9.78 Å². The lowest BCUT2D eigenvalue weighted by molar-refractivity contribution is 0.0561.